The number of aromatic nitrogens is 1. The summed E-state index contributed by atoms with van der Waals surface area (Å²) in [6.07, 6.45) is 0.397. The quantitative estimate of drug-likeness (QED) is 0.302. The molecule has 0 saturated heterocycles. The molecule has 3 aromatic carbocycles. The highest BCUT2D eigenvalue weighted by Gasteiger charge is 2.50. The Morgan fingerprint density at radius 3 is 2.46 bits per heavy atom. The van der Waals surface area contributed by atoms with Crippen LogP contribution in [0.4, 0.5) is 5.69 Å². The number of Topliss-reactive ketones (excluding diaryl/α,β-unsaturated/α-hetero) is 1. The average Bonchev–Trinajstić information content (AvgIpc) is 3.34. The van der Waals surface area contributed by atoms with Gasteiger partial charge in [-0.05, 0) is 51.0 Å². The predicted octanol–water partition coefficient (Wildman–Crippen LogP) is 6.75. The van der Waals surface area contributed by atoms with Gasteiger partial charge in [0.1, 0.15) is 5.75 Å². The molecule has 0 amide bonds. The minimum atomic E-state index is -0.619. The second-order valence-electron chi connectivity index (χ2n) is 9.40. The standard InChI is InChI=1S/C31H34N2O2/c1-6-32(5)22-17-18-26(29(19-22)35-8-3)31(20-28(34)23-13-9-11-15-25(23)31)30-21(4)33(7-2)27-16-12-10-14-24(27)30/h9-19H,6-8,20H2,1-5H3. The molecule has 1 unspecified atom stereocenters. The van der Waals surface area contributed by atoms with Gasteiger partial charge in [-0.3, -0.25) is 4.79 Å². The van der Waals surface area contributed by atoms with Crippen LogP contribution in [0.25, 0.3) is 10.9 Å². The van der Waals surface area contributed by atoms with E-state index in [1.165, 1.54) is 22.2 Å². The smallest absolute Gasteiger partial charge is 0.164 e. The number of fused-ring (bicyclic) bond motifs is 2. The van der Waals surface area contributed by atoms with Gasteiger partial charge in [-0.25, -0.2) is 0 Å². The molecule has 0 saturated carbocycles. The SMILES string of the molecule is CCOc1cc(N(C)CC)ccc1C1(c2c(C)n(CC)c3ccccc23)CC(=O)c2ccccc21. The topological polar surface area (TPSA) is 34.5 Å². The van der Waals surface area contributed by atoms with E-state index < -0.39 is 5.41 Å². The van der Waals surface area contributed by atoms with Crippen LogP contribution in [0.3, 0.4) is 0 Å². The molecule has 0 radical (unpaired) electrons. The zero-order chi connectivity index (χ0) is 24.7. The summed E-state index contributed by atoms with van der Waals surface area (Å²) in [4.78, 5) is 15.8. The molecule has 4 heteroatoms. The number of benzene rings is 3. The van der Waals surface area contributed by atoms with Gasteiger partial charge in [-0.15, -0.1) is 0 Å². The minimum absolute atomic E-state index is 0.186. The maximum Gasteiger partial charge on any atom is 0.164 e. The summed E-state index contributed by atoms with van der Waals surface area (Å²) in [5.41, 5.74) is 7.07. The molecule has 1 aliphatic carbocycles. The van der Waals surface area contributed by atoms with Crippen LogP contribution in [0.15, 0.2) is 66.7 Å². The molecule has 180 valence electrons. The van der Waals surface area contributed by atoms with E-state index in [0.29, 0.717) is 13.0 Å². The van der Waals surface area contributed by atoms with Gasteiger partial charge < -0.3 is 14.2 Å². The van der Waals surface area contributed by atoms with Gasteiger partial charge in [0.05, 0.1) is 12.0 Å². The highest BCUT2D eigenvalue weighted by atomic mass is 16.5. The molecule has 1 aromatic heterocycles. The lowest BCUT2D eigenvalue weighted by Gasteiger charge is -2.34. The number of nitrogens with zero attached hydrogens (tertiary/aromatic N) is 2. The van der Waals surface area contributed by atoms with Crippen molar-refractivity contribution in [3.8, 4) is 5.75 Å². The molecule has 0 fully saturated rings. The number of anilines is 1. The van der Waals surface area contributed by atoms with E-state index >= 15 is 0 Å². The molecule has 0 bridgehead atoms. The first kappa shape index (κ1) is 23.2. The molecule has 1 heterocycles. The minimum Gasteiger partial charge on any atom is -0.493 e. The summed E-state index contributed by atoms with van der Waals surface area (Å²) in [6, 6.07) is 23.2. The largest absolute Gasteiger partial charge is 0.493 e. The molecule has 5 rings (SSSR count). The van der Waals surface area contributed by atoms with Crippen LogP contribution in [0.2, 0.25) is 0 Å². The van der Waals surface area contributed by atoms with Crippen molar-refractivity contribution in [1.82, 2.24) is 4.57 Å². The normalized spacial score (nSPS) is 17.1. The van der Waals surface area contributed by atoms with Crippen molar-refractivity contribution >= 4 is 22.4 Å². The highest BCUT2D eigenvalue weighted by Crippen LogP contribution is 2.55. The van der Waals surface area contributed by atoms with Crippen LogP contribution >= 0.6 is 0 Å². The molecular formula is C31H34N2O2. The van der Waals surface area contributed by atoms with Gasteiger partial charge >= 0.3 is 0 Å². The van der Waals surface area contributed by atoms with E-state index in [9.17, 15) is 4.79 Å². The number of ketones is 1. The van der Waals surface area contributed by atoms with Crippen molar-refractivity contribution in [2.24, 2.45) is 0 Å². The lowest BCUT2D eigenvalue weighted by Crippen LogP contribution is -2.29. The Labute approximate surface area is 208 Å². The number of rotatable bonds is 7. The summed E-state index contributed by atoms with van der Waals surface area (Å²) in [5.74, 6) is 1.04. The molecule has 1 aliphatic rings. The first-order valence-electron chi connectivity index (χ1n) is 12.7. The Balaban J connectivity index is 1.92. The molecule has 0 N–H and O–H groups in total. The molecule has 1 atom stereocenters. The van der Waals surface area contributed by atoms with E-state index in [1.54, 1.807) is 0 Å². The van der Waals surface area contributed by atoms with Crippen molar-refractivity contribution in [2.75, 3.05) is 25.1 Å². The first-order valence-corrected chi connectivity index (χ1v) is 12.7. The molecular weight excluding hydrogens is 432 g/mol. The Bertz CT molecular complexity index is 1420. The monoisotopic (exact) mass is 466 g/mol. The number of hydrogen-bond donors (Lipinski definition) is 0. The van der Waals surface area contributed by atoms with Crippen LogP contribution in [0.5, 0.6) is 5.75 Å². The Morgan fingerprint density at radius 1 is 0.971 bits per heavy atom. The van der Waals surface area contributed by atoms with Gasteiger partial charge in [-0.2, -0.15) is 0 Å². The van der Waals surface area contributed by atoms with Crippen LogP contribution < -0.4 is 9.64 Å². The number of aryl methyl sites for hydroxylation is 1. The average molecular weight is 467 g/mol. The van der Waals surface area contributed by atoms with Crippen molar-refractivity contribution < 1.29 is 9.53 Å². The molecule has 35 heavy (non-hydrogen) atoms. The second-order valence-corrected chi connectivity index (χ2v) is 9.40. The summed E-state index contributed by atoms with van der Waals surface area (Å²) < 4.78 is 8.69. The van der Waals surface area contributed by atoms with Crippen LogP contribution in [0, 0.1) is 6.92 Å². The third-order valence-corrected chi connectivity index (χ3v) is 7.73. The number of hydrogen-bond acceptors (Lipinski definition) is 3. The predicted molar refractivity (Wildman–Crippen MR) is 144 cm³/mol. The fraction of sp³-hybridized carbons (Fsp3) is 0.323. The van der Waals surface area contributed by atoms with Gasteiger partial charge in [-0.1, -0.05) is 48.5 Å². The summed E-state index contributed by atoms with van der Waals surface area (Å²) >= 11 is 0. The van der Waals surface area contributed by atoms with E-state index in [2.05, 4.69) is 91.9 Å². The van der Waals surface area contributed by atoms with Crippen molar-refractivity contribution in [2.45, 2.75) is 46.1 Å². The lowest BCUT2D eigenvalue weighted by molar-refractivity contribution is 0.0984. The molecule has 4 nitrogen and oxygen atoms in total. The van der Waals surface area contributed by atoms with E-state index in [4.69, 9.17) is 4.74 Å². The molecule has 0 spiro atoms. The van der Waals surface area contributed by atoms with Gasteiger partial charge in [0.15, 0.2) is 5.78 Å². The Morgan fingerprint density at radius 2 is 1.71 bits per heavy atom. The summed E-state index contributed by atoms with van der Waals surface area (Å²) in [6.45, 7) is 10.9. The fourth-order valence-corrected chi connectivity index (χ4v) is 6.06. The summed E-state index contributed by atoms with van der Waals surface area (Å²) in [7, 11) is 2.09. The second kappa shape index (κ2) is 8.92. The lowest BCUT2D eigenvalue weighted by atomic mass is 9.68. The zero-order valence-corrected chi connectivity index (χ0v) is 21.4. The molecule has 4 aromatic rings. The number of carbonyl (C=O) groups excluding carboxylic acids is 1. The number of para-hydroxylation sites is 1. The van der Waals surface area contributed by atoms with E-state index in [-0.39, 0.29) is 5.78 Å². The van der Waals surface area contributed by atoms with E-state index in [1.807, 2.05) is 19.1 Å². The Hall–Kier alpha value is -3.53. The molecule has 0 aliphatic heterocycles. The third-order valence-electron chi connectivity index (χ3n) is 7.73. The Kier molecular flexibility index (Phi) is 5.92. The van der Waals surface area contributed by atoms with Crippen LogP contribution in [-0.2, 0) is 12.0 Å². The van der Waals surface area contributed by atoms with Crippen LogP contribution in [0.1, 0.15) is 59.9 Å². The van der Waals surface area contributed by atoms with Crippen molar-refractivity contribution in [3.63, 3.8) is 0 Å². The third kappa shape index (κ3) is 3.38. The maximum absolute atomic E-state index is 13.6. The van der Waals surface area contributed by atoms with Crippen molar-refractivity contribution in [3.05, 3.63) is 94.7 Å². The summed E-state index contributed by atoms with van der Waals surface area (Å²) in [5, 5.41) is 1.20. The number of carbonyl (C=O) groups is 1. The van der Waals surface area contributed by atoms with Crippen LogP contribution in [-0.4, -0.2) is 30.5 Å². The number of ether oxygens (including phenoxy) is 1. The van der Waals surface area contributed by atoms with Gasteiger partial charge in [0.2, 0.25) is 0 Å². The maximum atomic E-state index is 13.6. The first-order chi connectivity index (χ1) is 17.0. The van der Waals surface area contributed by atoms with Gasteiger partial charge in [0.25, 0.3) is 0 Å². The highest BCUT2D eigenvalue weighted by molar-refractivity contribution is 6.05. The van der Waals surface area contributed by atoms with Gasteiger partial charge in [0, 0.05) is 66.0 Å². The van der Waals surface area contributed by atoms with Crippen molar-refractivity contribution in [1.29, 1.82) is 0 Å². The zero-order valence-electron chi connectivity index (χ0n) is 21.4. The van der Waals surface area contributed by atoms with E-state index in [0.717, 1.165) is 41.2 Å². The fourth-order valence-electron chi connectivity index (χ4n) is 6.06.